The van der Waals surface area contributed by atoms with Crippen molar-refractivity contribution in [3.8, 4) is 5.75 Å². The minimum absolute atomic E-state index is 0.293. The van der Waals surface area contributed by atoms with Gasteiger partial charge in [-0.2, -0.15) is 0 Å². The van der Waals surface area contributed by atoms with E-state index in [1.165, 1.54) is 0 Å². The maximum atomic E-state index is 5.70. The van der Waals surface area contributed by atoms with Crippen molar-refractivity contribution in [2.24, 2.45) is 5.41 Å². The van der Waals surface area contributed by atoms with Gasteiger partial charge in [0.25, 0.3) is 0 Å². The number of nitrogens with two attached hydrogens (primary N) is 1. The number of nitrogen functional groups attached to an aromatic ring is 1. The van der Waals surface area contributed by atoms with E-state index in [1.807, 2.05) is 18.2 Å². The molecule has 3 nitrogen and oxygen atoms in total. The number of methoxy groups -OCH3 is 1. The van der Waals surface area contributed by atoms with Crippen LogP contribution in [0.5, 0.6) is 5.75 Å². The van der Waals surface area contributed by atoms with Crippen molar-refractivity contribution in [2.75, 3.05) is 19.4 Å². The van der Waals surface area contributed by atoms with Crippen LogP contribution in [-0.4, -0.2) is 13.7 Å². The Kier molecular flexibility index (Phi) is 4.19. The minimum atomic E-state index is 0.293. The molecule has 0 aromatic heterocycles. The first-order valence-corrected chi connectivity index (χ1v) is 5.55. The lowest BCUT2D eigenvalue weighted by Crippen LogP contribution is -2.26. The van der Waals surface area contributed by atoms with E-state index >= 15 is 0 Å². The normalized spacial score (nSPS) is 11.5. The van der Waals surface area contributed by atoms with Crippen LogP contribution in [-0.2, 0) is 6.54 Å². The number of hydrogen-bond donors (Lipinski definition) is 2. The third-order valence-corrected chi connectivity index (χ3v) is 2.28. The standard InChI is InChI=1S/C13H22N2O/c1-13(2,3)9-15-8-10-5-6-11(14)7-12(10)16-4/h5-7,15H,8-9,14H2,1-4H3. The maximum Gasteiger partial charge on any atom is 0.125 e. The predicted octanol–water partition coefficient (Wildman–Crippen LogP) is 2.41. The van der Waals surface area contributed by atoms with Gasteiger partial charge in [0.2, 0.25) is 0 Å². The van der Waals surface area contributed by atoms with Crippen LogP contribution in [0.25, 0.3) is 0 Å². The zero-order valence-corrected chi connectivity index (χ0v) is 10.6. The summed E-state index contributed by atoms with van der Waals surface area (Å²) < 4.78 is 5.29. The zero-order chi connectivity index (χ0) is 12.2. The molecule has 0 atom stereocenters. The molecule has 0 fully saturated rings. The molecule has 0 aliphatic heterocycles. The molecule has 0 aliphatic carbocycles. The smallest absolute Gasteiger partial charge is 0.125 e. The Morgan fingerprint density at radius 1 is 1.31 bits per heavy atom. The Labute approximate surface area is 98.0 Å². The molecule has 0 radical (unpaired) electrons. The predicted molar refractivity (Wildman–Crippen MR) is 68.6 cm³/mol. The lowest BCUT2D eigenvalue weighted by atomic mass is 9.97. The van der Waals surface area contributed by atoms with Crippen LogP contribution in [0.4, 0.5) is 5.69 Å². The summed E-state index contributed by atoms with van der Waals surface area (Å²) in [5.74, 6) is 0.849. The lowest BCUT2D eigenvalue weighted by molar-refractivity contribution is 0.373. The molecule has 0 amide bonds. The molecule has 0 aliphatic rings. The molecule has 0 bridgehead atoms. The molecule has 3 N–H and O–H groups in total. The van der Waals surface area contributed by atoms with Crippen molar-refractivity contribution in [3.63, 3.8) is 0 Å². The molecular formula is C13H22N2O. The van der Waals surface area contributed by atoms with Crippen LogP contribution >= 0.6 is 0 Å². The molecule has 3 heteroatoms. The average Bonchev–Trinajstić information content (AvgIpc) is 2.18. The van der Waals surface area contributed by atoms with E-state index in [4.69, 9.17) is 10.5 Å². The SMILES string of the molecule is COc1cc(N)ccc1CNCC(C)(C)C. The number of hydrogen-bond acceptors (Lipinski definition) is 3. The minimum Gasteiger partial charge on any atom is -0.496 e. The van der Waals surface area contributed by atoms with Gasteiger partial charge in [0.05, 0.1) is 7.11 Å². The van der Waals surface area contributed by atoms with Crippen molar-refractivity contribution >= 4 is 5.69 Å². The molecule has 0 saturated carbocycles. The van der Waals surface area contributed by atoms with Crippen molar-refractivity contribution in [3.05, 3.63) is 23.8 Å². The highest BCUT2D eigenvalue weighted by molar-refractivity contribution is 5.48. The Morgan fingerprint density at radius 2 is 2.00 bits per heavy atom. The fourth-order valence-corrected chi connectivity index (χ4v) is 1.48. The number of ether oxygens (including phenoxy) is 1. The van der Waals surface area contributed by atoms with Crippen LogP contribution in [0.1, 0.15) is 26.3 Å². The molecule has 0 heterocycles. The number of benzene rings is 1. The van der Waals surface area contributed by atoms with Gasteiger partial charge >= 0.3 is 0 Å². The monoisotopic (exact) mass is 222 g/mol. The first kappa shape index (κ1) is 12.8. The van der Waals surface area contributed by atoms with Crippen LogP contribution in [0.2, 0.25) is 0 Å². The third-order valence-electron chi connectivity index (χ3n) is 2.28. The summed E-state index contributed by atoms with van der Waals surface area (Å²) in [5.41, 5.74) is 7.87. The molecule has 90 valence electrons. The maximum absolute atomic E-state index is 5.70. The van der Waals surface area contributed by atoms with Crippen molar-refractivity contribution < 1.29 is 4.74 Å². The van der Waals surface area contributed by atoms with Crippen molar-refractivity contribution in [1.82, 2.24) is 5.32 Å². The highest BCUT2D eigenvalue weighted by Crippen LogP contribution is 2.21. The van der Waals surface area contributed by atoms with E-state index < -0.39 is 0 Å². The number of rotatable bonds is 4. The van der Waals surface area contributed by atoms with E-state index in [2.05, 4.69) is 26.1 Å². The second-order valence-electron chi connectivity index (χ2n) is 5.24. The molecule has 0 unspecified atom stereocenters. The summed E-state index contributed by atoms with van der Waals surface area (Å²) in [7, 11) is 1.67. The Balaban J connectivity index is 2.60. The zero-order valence-electron chi connectivity index (χ0n) is 10.6. The highest BCUT2D eigenvalue weighted by atomic mass is 16.5. The van der Waals surface area contributed by atoms with E-state index in [0.717, 1.165) is 30.1 Å². The lowest BCUT2D eigenvalue weighted by Gasteiger charge is -2.19. The van der Waals surface area contributed by atoms with Crippen LogP contribution in [0, 0.1) is 5.41 Å². The van der Waals surface area contributed by atoms with Crippen molar-refractivity contribution in [2.45, 2.75) is 27.3 Å². The second kappa shape index (κ2) is 5.21. The fraction of sp³-hybridized carbons (Fsp3) is 0.538. The molecule has 1 rings (SSSR count). The first-order chi connectivity index (χ1) is 7.42. The third kappa shape index (κ3) is 4.11. The quantitative estimate of drug-likeness (QED) is 0.769. The van der Waals surface area contributed by atoms with Gasteiger partial charge in [0.15, 0.2) is 0 Å². The van der Waals surface area contributed by atoms with E-state index in [9.17, 15) is 0 Å². The summed E-state index contributed by atoms with van der Waals surface area (Å²) in [6.45, 7) is 8.40. The molecule has 1 aromatic carbocycles. The van der Waals surface area contributed by atoms with Gasteiger partial charge in [0.1, 0.15) is 5.75 Å². The van der Waals surface area contributed by atoms with Gasteiger partial charge in [-0.05, 0) is 11.5 Å². The summed E-state index contributed by atoms with van der Waals surface area (Å²) in [5, 5.41) is 3.41. The van der Waals surface area contributed by atoms with E-state index in [0.29, 0.717) is 5.41 Å². The highest BCUT2D eigenvalue weighted by Gasteiger charge is 2.10. The number of nitrogens with one attached hydrogen (secondary N) is 1. The molecule has 0 spiro atoms. The molecular weight excluding hydrogens is 200 g/mol. The summed E-state index contributed by atoms with van der Waals surface area (Å²) >= 11 is 0. The summed E-state index contributed by atoms with van der Waals surface area (Å²) in [4.78, 5) is 0. The summed E-state index contributed by atoms with van der Waals surface area (Å²) in [6, 6.07) is 5.76. The molecule has 0 saturated heterocycles. The molecule has 16 heavy (non-hydrogen) atoms. The van der Waals surface area contributed by atoms with Gasteiger partial charge in [0, 0.05) is 30.4 Å². The Morgan fingerprint density at radius 3 is 2.56 bits per heavy atom. The van der Waals surface area contributed by atoms with Gasteiger partial charge in [-0.1, -0.05) is 26.8 Å². The largest absolute Gasteiger partial charge is 0.496 e. The summed E-state index contributed by atoms with van der Waals surface area (Å²) in [6.07, 6.45) is 0. The van der Waals surface area contributed by atoms with Crippen LogP contribution in [0.3, 0.4) is 0 Å². The van der Waals surface area contributed by atoms with Gasteiger partial charge < -0.3 is 15.8 Å². The van der Waals surface area contributed by atoms with Crippen LogP contribution in [0.15, 0.2) is 18.2 Å². The van der Waals surface area contributed by atoms with Gasteiger partial charge in [-0.3, -0.25) is 0 Å². The van der Waals surface area contributed by atoms with Gasteiger partial charge in [-0.25, -0.2) is 0 Å². The topological polar surface area (TPSA) is 47.3 Å². The van der Waals surface area contributed by atoms with Crippen molar-refractivity contribution in [1.29, 1.82) is 0 Å². The van der Waals surface area contributed by atoms with E-state index in [1.54, 1.807) is 7.11 Å². The Hall–Kier alpha value is -1.22. The first-order valence-electron chi connectivity index (χ1n) is 5.55. The van der Waals surface area contributed by atoms with Crippen LogP contribution < -0.4 is 15.8 Å². The number of anilines is 1. The molecule has 1 aromatic rings. The Bertz CT molecular complexity index is 342. The average molecular weight is 222 g/mol. The second-order valence-corrected chi connectivity index (χ2v) is 5.24. The fourth-order valence-electron chi connectivity index (χ4n) is 1.48. The van der Waals surface area contributed by atoms with E-state index in [-0.39, 0.29) is 0 Å². The van der Waals surface area contributed by atoms with Gasteiger partial charge in [-0.15, -0.1) is 0 Å².